The molecule has 1 aliphatic carbocycles. The van der Waals surface area contributed by atoms with Crippen molar-refractivity contribution in [1.82, 2.24) is 15.8 Å². The van der Waals surface area contributed by atoms with E-state index >= 15 is 0 Å². The highest BCUT2D eigenvalue weighted by Crippen LogP contribution is 2.35. The summed E-state index contributed by atoms with van der Waals surface area (Å²) in [5.41, 5.74) is 1.49. The predicted molar refractivity (Wildman–Crippen MR) is 105 cm³/mol. The highest BCUT2D eigenvalue weighted by Gasteiger charge is 2.52. The number of halogens is 1. The fourth-order valence-corrected chi connectivity index (χ4v) is 4.02. The van der Waals surface area contributed by atoms with E-state index in [1.165, 1.54) is 19.2 Å². The maximum Gasteiger partial charge on any atom is 0.344 e. The van der Waals surface area contributed by atoms with E-state index in [1.807, 2.05) is 0 Å². The second-order valence-electron chi connectivity index (χ2n) is 7.30. The molecular formula is C19H22BrN3O6. The number of methoxy groups -OCH3 is 1. The number of hydrogen-bond donors (Lipinski definition) is 2. The Morgan fingerprint density at radius 1 is 1.31 bits per heavy atom. The summed E-state index contributed by atoms with van der Waals surface area (Å²) in [4.78, 5) is 49.1. The first-order valence-electron chi connectivity index (χ1n) is 9.22. The van der Waals surface area contributed by atoms with Gasteiger partial charge in [-0.15, -0.1) is 0 Å². The van der Waals surface area contributed by atoms with E-state index < -0.39 is 36.0 Å². The highest BCUT2D eigenvalue weighted by atomic mass is 79.9. The number of hydrogen-bond acceptors (Lipinski definition) is 6. The van der Waals surface area contributed by atoms with Crippen molar-refractivity contribution in [3.8, 4) is 5.75 Å². The van der Waals surface area contributed by atoms with Gasteiger partial charge in [0, 0.05) is 0 Å². The molecule has 9 nitrogen and oxygen atoms in total. The Labute approximate surface area is 176 Å². The van der Waals surface area contributed by atoms with E-state index in [1.54, 1.807) is 6.07 Å². The number of ether oxygens (including phenoxy) is 2. The van der Waals surface area contributed by atoms with Crippen LogP contribution in [-0.2, 0) is 14.3 Å². The molecule has 2 fully saturated rings. The summed E-state index contributed by atoms with van der Waals surface area (Å²) in [6.45, 7) is 1.47. The normalized spacial score (nSPS) is 23.7. The predicted octanol–water partition coefficient (Wildman–Crippen LogP) is 2.15. The fourth-order valence-electron chi connectivity index (χ4n) is 3.48. The second kappa shape index (κ2) is 8.40. The van der Waals surface area contributed by atoms with E-state index in [4.69, 9.17) is 9.47 Å². The molecule has 0 aromatic heterocycles. The minimum atomic E-state index is -0.955. The molecule has 1 aromatic rings. The standard InChI is InChI=1S/C19H22BrN3O6/c1-11-5-7-19(8-6-11)17(26)23(18(27)21-19)22-15(24)10-29-16(25)12-3-4-14(28-2)13(20)9-12/h3-4,9,11H,5-8,10H2,1-2H3,(H,21,27)(H,22,24). The first kappa shape index (κ1) is 21.1. The molecule has 10 heteroatoms. The number of carbonyl (C=O) groups is 4. The van der Waals surface area contributed by atoms with Crippen molar-refractivity contribution in [3.05, 3.63) is 28.2 Å². The summed E-state index contributed by atoms with van der Waals surface area (Å²) in [7, 11) is 1.50. The molecule has 156 valence electrons. The highest BCUT2D eigenvalue weighted by molar-refractivity contribution is 9.10. The number of hydrazine groups is 1. The van der Waals surface area contributed by atoms with Crippen LogP contribution in [0.25, 0.3) is 0 Å². The Bertz CT molecular complexity index is 850. The first-order chi connectivity index (χ1) is 13.8. The summed E-state index contributed by atoms with van der Waals surface area (Å²) in [5.74, 6) is -0.947. The Morgan fingerprint density at radius 2 is 2.00 bits per heavy atom. The van der Waals surface area contributed by atoms with Crippen LogP contribution in [0.15, 0.2) is 22.7 Å². The molecule has 29 heavy (non-hydrogen) atoms. The summed E-state index contributed by atoms with van der Waals surface area (Å²) in [6.07, 6.45) is 2.71. The van der Waals surface area contributed by atoms with Crippen molar-refractivity contribution in [1.29, 1.82) is 0 Å². The first-order valence-corrected chi connectivity index (χ1v) is 10.0. The van der Waals surface area contributed by atoms with Gasteiger partial charge in [-0.3, -0.25) is 15.0 Å². The molecule has 2 aliphatic rings. The number of rotatable bonds is 5. The van der Waals surface area contributed by atoms with E-state index in [0.717, 1.165) is 12.8 Å². The fraction of sp³-hybridized carbons (Fsp3) is 0.474. The SMILES string of the molecule is COc1ccc(C(=O)OCC(=O)NN2C(=O)NC3(CCC(C)CC3)C2=O)cc1Br. The van der Waals surface area contributed by atoms with Crippen LogP contribution in [0.3, 0.4) is 0 Å². The molecule has 1 saturated carbocycles. The van der Waals surface area contributed by atoms with Crippen LogP contribution < -0.4 is 15.5 Å². The number of amides is 4. The molecule has 1 heterocycles. The lowest BCUT2D eigenvalue weighted by Gasteiger charge is -2.33. The minimum absolute atomic E-state index is 0.218. The van der Waals surface area contributed by atoms with Gasteiger partial charge in [0.15, 0.2) is 6.61 Å². The Hall–Kier alpha value is -2.62. The van der Waals surface area contributed by atoms with Crippen molar-refractivity contribution in [2.75, 3.05) is 13.7 Å². The molecule has 4 amide bonds. The molecule has 0 bridgehead atoms. The number of urea groups is 1. The monoisotopic (exact) mass is 467 g/mol. The van der Waals surface area contributed by atoms with Crippen molar-refractivity contribution in [2.45, 2.75) is 38.1 Å². The molecule has 1 saturated heterocycles. The Balaban J connectivity index is 1.55. The largest absolute Gasteiger partial charge is 0.496 e. The zero-order valence-corrected chi connectivity index (χ0v) is 17.7. The van der Waals surface area contributed by atoms with Gasteiger partial charge in [0.2, 0.25) is 0 Å². The lowest BCUT2D eigenvalue weighted by Crippen LogP contribution is -2.52. The van der Waals surface area contributed by atoms with Gasteiger partial charge in [-0.25, -0.2) is 9.59 Å². The zero-order valence-electron chi connectivity index (χ0n) is 16.1. The smallest absolute Gasteiger partial charge is 0.344 e. The zero-order chi connectivity index (χ0) is 21.2. The van der Waals surface area contributed by atoms with E-state index in [2.05, 4.69) is 33.6 Å². The number of esters is 1. The van der Waals surface area contributed by atoms with Gasteiger partial charge >= 0.3 is 12.0 Å². The van der Waals surface area contributed by atoms with Crippen LogP contribution >= 0.6 is 15.9 Å². The molecular weight excluding hydrogens is 446 g/mol. The number of nitrogens with zero attached hydrogens (tertiary/aromatic N) is 1. The van der Waals surface area contributed by atoms with Gasteiger partial charge < -0.3 is 14.8 Å². The maximum absolute atomic E-state index is 12.7. The van der Waals surface area contributed by atoms with Crippen LogP contribution in [0.2, 0.25) is 0 Å². The lowest BCUT2D eigenvalue weighted by molar-refractivity contribution is -0.141. The van der Waals surface area contributed by atoms with Gasteiger partial charge in [0.05, 0.1) is 17.1 Å². The molecule has 0 unspecified atom stereocenters. The van der Waals surface area contributed by atoms with Crippen LogP contribution in [0.5, 0.6) is 5.75 Å². The van der Waals surface area contributed by atoms with E-state index in [9.17, 15) is 19.2 Å². The number of nitrogens with one attached hydrogen (secondary N) is 2. The summed E-state index contributed by atoms with van der Waals surface area (Å²) < 4.78 is 10.6. The number of benzene rings is 1. The van der Waals surface area contributed by atoms with Gasteiger partial charge in [-0.2, -0.15) is 5.01 Å². The average Bonchev–Trinajstić information content (AvgIpc) is 2.92. The van der Waals surface area contributed by atoms with Crippen LogP contribution in [0.1, 0.15) is 43.0 Å². The molecule has 3 rings (SSSR count). The third kappa shape index (κ3) is 4.36. The number of imide groups is 1. The quantitative estimate of drug-likeness (QED) is 0.506. The molecule has 1 spiro atoms. The van der Waals surface area contributed by atoms with Crippen LogP contribution in [0.4, 0.5) is 4.79 Å². The van der Waals surface area contributed by atoms with E-state index in [0.29, 0.717) is 34.0 Å². The average molecular weight is 468 g/mol. The number of carbonyl (C=O) groups excluding carboxylic acids is 4. The Kier molecular flexibility index (Phi) is 6.11. The summed E-state index contributed by atoms with van der Waals surface area (Å²) in [5, 5.41) is 3.38. The molecule has 1 aromatic carbocycles. The Morgan fingerprint density at radius 3 is 2.62 bits per heavy atom. The van der Waals surface area contributed by atoms with Gasteiger partial charge in [0.1, 0.15) is 11.3 Å². The van der Waals surface area contributed by atoms with Gasteiger partial charge in [-0.05, 0) is 65.7 Å². The molecule has 0 radical (unpaired) electrons. The molecule has 0 atom stereocenters. The summed E-state index contributed by atoms with van der Waals surface area (Å²) >= 11 is 3.27. The minimum Gasteiger partial charge on any atom is -0.496 e. The van der Waals surface area contributed by atoms with Gasteiger partial charge in [-0.1, -0.05) is 6.92 Å². The molecule has 1 aliphatic heterocycles. The topological polar surface area (TPSA) is 114 Å². The van der Waals surface area contributed by atoms with E-state index in [-0.39, 0.29) is 5.56 Å². The summed E-state index contributed by atoms with van der Waals surface area (Å²) in [6, 6.07) is 3.90. The van der Waals surface area contributed by atoms with Crippen molar-refractivity contribution < 1.29 is 28.7 Å². The molecule has 2 N–H and O–H groups in total. The van der Waals surface area contributed by atoms with Crippen LogP contribution in [-0.4, -0.2) is 48.1 Å². The van der Waals surface area contributed by atoms with Crippen molar-refractivity contribution >= 4 is 39.7 Å². The van der Waals surface area contributed by atoms with Gasteiger partial charge in [0.25, 0.3) is 11.8 Å². The van der Waals surface area contributed by atoms with Crippen molar-refractivity contribution in [2.24, 2.45) is 5.92 Å². The third-order valence-electron chi connectivity index (χ3n) is 5.25. The van der Waals surface area contributed by atoms with Crippen LogP contribution in [0, 0.1) is 5.92 Å². The second-order valence-corrected chi connectivity index (χ2v) is 8.15. The maximum atomic E-state index is 12.7. The lowest BCUT2D eigenvalue weighted by atomic mass is 9.77. The third-order valence-corrected chi connectivity index (χ3v) is 5.87. The van der Waals surface area contributed by atoms with Crippen molar-refractivity contribution in [3.63, 3.8) is 0 Å².